The quantitative estimate of drug-likeness (QED) is 0.165. The van der Waals surface area contributed by atoms with Gasteiger partial charge in [0.25, 0.3) is 0 Å². The fourth-order valence-corrected chi connectivity index (χ4v) is 11.4. The van der Waals surface area contributed by atoms with E-state index in [2.05, 4.69) is 243 Å². The second kappa shape index (κ2) is 16.2. The van der Waals surface area contributed by atoms with Gasteiger partial charge in [0.05, 0.1) is 0 Å². The lowest BCUT2D eigenvalue weighted by Crippen LogP contribution is -1.91. The van der Waals surface area contributed by atoms with E-state index in [1.165, 1.54) is 109 Å². The molecule has 2 nitrogen and oxygen atoms in total. The first-order chi connectivity index (χ1) is 34.8. The Labute approximate surface area is 403 Å². The van der Waals surface area contributed by atoms with E-state index in [1.807, 2.05) is 12.1 Å². The van der Waals surface area contributed by atoms with Crippen LogP contribution < -0.4 is 0 Å². The first kappa shape index (κ1) is 39.9. The van der Waals surface area contributed by atoms with Gasteiger partial charge in [-0.2, -0.15) is 0 Å². The summed E-state index contributed by atoms with van der Waals surface area (Å²) in [5.41, 5.74) is 13.7. The molecule has 0 N–H and O–H groups in total. The summed E-state index contributed by atoms with van der Waals surface area (Å²) in [5.74, 6) is 0. The van der Waals surface area contributed by atoms with E-state index in [-0.39, 0.29) is 0 Å². The molecule has 2 heteroatoms. The molecule has 0 spiro atoms. The summed E-state index contributed by atoms with van der Waals surface area (Å²) in [6, 6.07) is 90.8. The van der Waals surface area contributed by atoms with E-state index in [4.69, 9.17) is 8.83 Å². The first-order valence-electron chi connectivity index (χ1n) is 24.0. The van der Waals surface area contributed by atoms with Crippen molar-refractivity contribution in [2.45, 2.75) is 0 Å². The third-order valence-corrected chi connectivity index (χ3v) is 14.3. The van der Waals surface area contributed by atoms with Gasteiger partial charge in [0.1, 0.15) is 22.3 Å². The van der Waals surface area contributed by atoms with Crippen molar-refractivity contribution < 1.29 is 8.83 Å². The summed E-state index contributed by atoms with van der Waals surface area (Å²) in [7, 11) is 0. The van der Waals surface area contributed by atoms with Crippen molar-refractivity contribution in [3.63, 3.8) is 0 Å². The van der Waals surface area contributed by atoms with Gasteiger partial charge in [-0.05, 0) is 129 Å². The highest BCUT2D eigenvalue weighted by Crippen LogP contribution is 2.49. The van der Waals surface area contributed by atoms with Crippen LogP contribution in [0.25, 0.3) is 142 Å². The topological polar surface area (TPSA) is 26.3 Å². The Kier molecular flexibility index (Phi) is 9.25. The predicted molar refractivity (Wildman–Crippen MR) is 297 cm³/mol. The van der Waals surface area contributed by atoms with Crippen molar-refractivity contribution >= 4 is 97.7 Å². The van der Waals surface area contributed by atoms with Gasteiger partial charge in [-0.25, -0.2) is 0 Å². The van der Waals surface area contributed by atoms with Gasteiger partial charge in [-0.15, -0.1) is 0 Å². The predicted octanol–water partition coefficient (Wildman–Crippen LogP) is 19.6. The fourth-order valence-electron chi connectivity index (χ4n) is 11.4. The number of hydrogen-bond donors (Lipinski definition) is 0. The molecule has 0 saturated carbocycles. The number of benzene rings is 13. The van der Waals surface area contributed by atoms with E-state index < -0.39 is 0 Å². The molecule has 13 aromatic carbocycles. The molecule has 0 saturated heterocycles. The number of furan rings is 2. The standard InChI is InChI=1S/C36H22O.C32H20O/c1-2-11-23(12-3-1)34-26-15-6-8-17-28(26)35(29-18-9-7-16-27(29)34)30-19-10-20-32-36(30)31-21-24-13-4-5-14-25(24)22-33(31)37-32;1-2-11-21(12-3-1)30-22-13-4-6-15-24(22)31(25-16-7-5-14-23(25)30)27-18-10-20-29-32(27)26-17-8-9-19-28(26)33-29/h1-22H;1-20H. The number of para-hydroxylation sites is 1. The zero-order chi connectivity index (χ0) is 46.1. The van der Waals surface area contributed by atoms with Crippen LogP contribution in [-0.2, 0) is 0 Å². The number of fused-ring (bicyclic) bond motifs is 11. The zero-order valence-corrected chi connectivity index (χ0v) is 38.1. The van der Waals surface area contributed by atoms with Crippen LogP contribution in [-0.4, -0.2) is 0 Å². The van der Waals surface area contributed by atoms with Crippen LogP contribution in [0.15, 0.2) is 264 Å². The van der Waals surface area contributed by atoms with Gasteiger partial charge in [0.15, 0.2) is 0 Å². The van der Waals surface area contributed by atoms with E-state index in [0.29, 0.717) is 0 Å². The summed E-state index contributed by atoms with van der Waals surface area (Å²) in [6.07, 6.45) is 0. The fraction of sp³-hybridized carbons (Fsp3) is 0. The summed E-state index contributed by atoms with van der Waals surface area (Å²) in [4.78, 5) is 0. The lowest BCUT2D eigenvalue weighted by Gasteiger charge is -2.18. The Morgan fingerprint density at radius 3 is 0.986 bits per heavy atom. The normalized spacial score (nSPS) is 11.7. The van der Waals surface area contributed by atoms with E-state index in [1.54, 1.807) is 0 Å². The molecular formula is C68H42O2. The molecule has 326 valence electrons. The molecule has 0 bridgehead atoms. The molecule has 0 aliphatic rings. The molecule has 2 heterocycles. The lowest BCUT2D eigenvalue weighted by atomic mass is 9.85. The molecule has 0 atom stereocenters. The maximum absolute atomic E-state index is 6.44. The minimum absolute atomic E-state index is 0.920. The molecule has 2 aromatic heterocycles. The minimum Gasteiger partial charge on any atom is -0.456 e. The highest BCUT2D eigenvalue weighted by atomic mass is 16.3. The van der Waals surface area contributed by atoms with Crippen molar-refractivity contribution in [2.75, 3.05) is 0 Å². The smallest absolute Gasteiger partial charge is 0.136 e. The average molecular weight is 891 g/mol. The molecule has 0 radical (unpaired) electrons. The molecular weight excluding hydrogens is 849 g/mol. The van der Waals surface area contributed by atoms with Crippen LogP contribution in [0.4, 0.5) is 0 Å². The third kappa shape index (κ3) is 6.27. The van der Waals surface area contributed by atoms with E-state index in [9.17, 15) is 0 Å². The molecule has 70 heavy (non-hydrogen) atoms. The van der Waals surface area contributed by atoms with Crippen LogP contribution >= 0.6 is 0 Å². The Hall–Kier alpha value is -9.24. The summed E-state index contributed by atoms with van der Waals surface area (Å²) in [6.45, 7) is 0. The second-order valence-corrected chi connectivity index (χ2v) is 18.2. The summed E-state index contributed by atoms with van der Waals surface area (Å²) in [5, 5.41) is 17.2. The van der Waals surface area contributed by atoms with Crippen molar-refractivity contribution in [3.8, 4) is 44.5 Å². The Bertz CT molecular complexity index is 4400. The van der Waals surface area contributed by atoms with Gasteiger partial charge in [0, 0.05) is 21.5 Å². The molecule has 15 rings (SSSR count). The largest absolute Gasteiger partial charge is 0.456 e. The van der Waals surface area contributed by atoms with E-state index >= 15 is 0 Å². The number of rotatable bonds is 4. The van der Waals surface area contributed by atoms with Gasteiger partial charge in [-0.3, -0.25) is 0 Å². The van der Waals surface area contributed by atoms with Gasteiger partial charge in [0.2, 0.25) is 0 Å². The van der Waals surface area contributed by atoms with Gasteiger partial charge < -0.3 is 8.83 Å². The van der Waals surface area contributed by atoms with Gasteiger partial charge >= 0.3 is 0 Å². The molecule has 0 aliphatic carbocycles. The molecule has 0 aliphatic heterocycles. The van der Waals surface area contributed by atoms with Crippen LogP contribution in [0.1, 0.15) is 0 Å². The van der Waals surface area contributed by atoms with Crippen LogP contribution in [0.5, 0.6) is 0 Å². The summed E-state index contributed by atoms with van der Waals surface area (Å²) < 4.78 is 12.7. The van der Waals surface area contributed by atoms with Crippen molar-refractivity contribution in [3.05, 3.63) is 255 Å². The van der Waals surface area contributed by atoms with Crippen molar-refractivity contribution in [2.24, 2.45) is 0 Å². The maximum atomic E-state index is 6.44. The second-order valence-electron chi connectivity index (χ2n) is 18.2. The van der Waals surface area contributed by atoms with E-state index in [0.717, 1.165) is 33.1 Å². The number of hydrogen-bond acceptors (Lipinski definition) is 2. The van der Waals surface area contributed by atoms with Crippen LogP contribution in [0, 0.1) is 0 Å². The van der Waals surface area contributed by atoms with Crippen LogP contribution in [0.3, 0.4) is 0 Å². The average Bonchev–Trinajstić information content (AvgIpc) is 4.00. The SMILES string of the molecule is c1ccc(-c2c3ccccc3c(-c3cccc4oc5cc6ccccc6cc5c34)c3ccccc23)cc1.c1ccc(-c2c3ccccc3c(-c3cccc4oc5ccccc5c34)c3ccccc23)cc1. The third-order valence-electron chi connectivity index (χ3n) is 14.3. The van der Waals surface area contributed by atoms with Gasteiger partial charge in [-0.1, -0.05) is 224 Å². The highest BCUT2D eigenvalue weighted by molar-refractivity contribution is 6.27. The Morgan fingerprint density at radius 1 is 0.200 bits per heavy atom. The van der Waals surface area contributed by atoms with Crippen molar-refractivity contribution in [1.82, 2.24) is 0 Å². The highest BCUT2D eigenvalue weighted by Gasteiger charge is 2.22. The first-order valence-corrected chi connectivity index (χ1v) is 24.0. The van der Waals surface area contributed by atoms with Crippen LogP contribution in [0.2, 0.25) is 0 Å². The Balaban J connectivity index is 0.000000132. The monoisotopic (exact) mass is 890 g/mol. The molecule has 0 amide bonds. The minimum atomic E-state index is 0.920. The lowest BCUT2D eigenvalue weighted by molar-refractivity contribution is 0.669. The maximum Gasteiger partial charge on any atom is 0.136 e. The molecule has 15 aromatic rings. The molecule has 0 unspecified atom stereocenters. The van der Waals surface area contributed by atoms with Crippen molar-refractivity contribution in [1.29, 1.82) is 0 Å². The zero-order valence-electron chi connectivity index (χ0n) is 38.1. The molecule has 0 fully saturated rings. The summed E-state index contributed by atoms with van der Waals surface area (Å²) >= 11 is 0. The Morgan fingerprint density at radius 2 is 0.529 bits per heavy atom.